The molecule has 2 aliphatic heterocycles. The number of hydrogen-bond acceptors (Lipinski definition) is 6. The summed E-state index contributed by atoms with van der Waals surface area (Å²) >= 11 is 9.82. The van der Waals surface area contributed by atoms with Gasteiger partial charge in [0.1, 0.15) is 36.1 Å². The zero-order valence-electron chi connectivity index (χ0n) is 24.6. The standard InChI is InChI=1S/C33H32BrClN4O5/c1-33(2,3)44-27-18-21(26(41)13-16-40)9-12-25(27)31-37-29(20-7-10-24(35)11-8-20)30(22-5-4-6-23(34)17-22)39(31)32(43)38-15-14-36-28(42)19-38/h4-12,16-18,29-30H,13-15,19H2,1-3H3,(H,36,42). The van der Waals surface area contributed by atoms with Crippen molar-refractivity contribution >= 4 is 57.4 Å². The first-order valence-corrected chi connectivity index (χ1v) is 15.4. The monoisotopic (exact) mass is 678 g/mol. The first kappa shape index (κ1) is 31.4. The molecule has 5 rings (SSSR count). The highest BCUT2D eigenvalue weighted by atomic mass is 79.9. The summed E-state index contributed by atoms with van der Waals surface area (Å²) < 4.78 is 7.19. The summed E-state index contributed by atoms with van der Waals surface area (Å²) in [6, 6.07) is 18.4. The van der Waals surface area contributed by atoms with E-state index in [0.717, 1.165) is 15.6 Å². The van der Waals surface area contributed by atoms with Gasteiger partial charge in [-0.3, -0.25) is 19.5 Å². The highest BCUT2D eigenvalue weighted by molar-refractivity contribution is 9.10. The van der Waals surface area contributed by atoms with Crippen molar-refractivity contribution in [3.63, 3.8) is 0 Å². The second-order valence-electron chi connectivity index (χ2n) is 11.6. The molecule has 11 heteroatoms. The Morgan fingerprint density at radius 1 is 1.09 bits per heavy atom. The van der Waals surface area contributed by atoms with E-state index < -0.39 is 17.7 Å². The van der Waals surface area contributed by atoms with Crippen LogP contribution in [0.1, 0.15) is 66.3 Å². The zero-order chi connectivity index (χ0) is 31.6. The minimum atomic E-state index is -0.667. The molecular weight excluding hydrogens is 648 g/mol. The summed E-state index contributed by atoms with van der Waals surface area (Å²) in [4.78, 5) is 59.0. The SMILES string of the molecule is CC(C)(C)Oc1cc(C(=O)CC=O)ccc1C1=NC(c2ccc(Cl)cc2)C(c2cccc(Br)c2)N1C(=O)N1CCNC(=O)C1. The summed E-state index contributed by atoms with van der Waals surface area (Å²) in [5.41, 5.74) is 1.79. The van der Waals surface area contributed by atoms with Gasteiger partial charge in [-0.2, -0.15) is 0 Å². The van der Waals surface area contributed by atoms with E-state index in [0.29, 0.717) is 47.1 Å². The number of Topliss-reactive ketones (excluding diaryl/α,β-unsaturated/α-hetero) is 1. The number of ether oxygens (including phenoxy) is 1. The number of hydrogen-bond donors (Lipinski definition) is 1. The molecule has 0 radical (unpaired) electrons. The fourth-order valence-electron chi connectivity index (χ4n) is 5.33. The van der Waals surface area contributed by atoms with Gasteiger partial charge in [0.15, 0.2) is 5.78 Å². The van der Waals surface area contributed by atoms with Crippen molar-refractivity contribution < 1.29 is 23.9 Å². The molecule has 2 aliphatic rings. The second-order valence-corrected chi connectivity index (χ2v) is 12.9. The molecule has 2 heterocycles. The van der Waals surface area contributed by atoms with Gasteiger partial charge in [-0.05, 0) is 68.3 Å². The lowest BCUT2D eigenvalue weighted by Gasteiger charge is -2.36. The van der Waals surface area contributed by atoms with E-state index in [1.54, 1.807) is 35.2 Å². The van der Waals surface area contributed by atoms with Crippen molar-refractivity contribution in [3.8, 4) is 5.75 Å². The van der Waals surface area contributed by atoms with Gasteiger partial charge in [0.25, 0.3) is 0 Å². The molecule has 3 aromatic carbocycles. The van der Waals surface area contributed by atoms with Crippen molar-refractivity contribution in [1.82, 2.24) is 15.1 Å². The number of piperazine rings is 1. The highest BCUT2D eigenvalue weighted by Crippen LogP contribution is 2.46. The van der Waals surface area contributed by atoms with Crippen molar-refractivity contribution in [2.75, 3.05) is 19.6 Å². The van der Waals surface area contributed by atoms with Crippen molar-refractivity contribution in [2.45, 2.75) is 44.9 Å². The Bertz CT molecular complexity index is 1640. The van der Waals surface area contributed by atoms with E-state index in [4.69, 9.17) is 21.3 Å². The predicted molar refractivity (Wildman–Crippen MR) is 171 cm³/mol. The largest absolute Gasteiger partial charge is 0.487 e. The predicted octanol–water partition coefficient (Wildman–Crippen LogP) is 6.15. The summed E-state index contributed by atoms with van der Waals surface area (Å²) in [6.07, 6.45) is 0.302. The topological polar surface area (TPSA) is 108 Å². The van der Waals surface area contributed by atoms with Crippen LogP contribution in [0.4, 0.5) is 4.79 Å². The van der Waals surface area contributed by atoms with Crippen LogP contribution >= 0.6 is 27.5 Å². The fourth-order valence-corrected chi connectivity index (χ4v) is 5.87. The lowest BCUT2D eigenvalue weighted by Crippen LogP contribution is -2.55. The molecule has 2 atom stereocenters. The van der Waals surface area contributed by atoms with Gasteiger partial charge in [0.2, 0.25) is 5.91 Å². The number of benzene rings is 3. The number of amidine groups is 1. The summed E-state index contributed by atoms with van der Waals surface area (Å²) in [7, 11) is 0. The van der Waals surface area contributed by atoms with Crippen LogP contribution in [0, 0.1) is 0 Å². The minimum absolute atomic E-state index is 0.0933. The number of nitrogens with one attached hydrogen (secondary N) is 1. The van der Waals surface area contributed by atoms with Crippen LogP contribution in [0.25, 0.3) is 0 Å². The van der Waals surface area contributed by atoms with Crippen LogP contribution in [0.15, 0.2) is 76.2 Å². The number of nitrogens with zero attached hydrogens (tertiary/aromatic N) is 3. The second kappa shape index (κ2) is 12.9. The fraction of sp³-hybridized carbons (Fsp3) is 0.303. The molecule has 1 N–H and O–H groups in total. The molecule has 1 saturated heterocycles. The van der Waals surface area contributed by atoms with E-state index in [9.17, 15) is 19.2 Å². The molecule has 44 heavy (non-hydrogen) atoms. The van der Waals surface area contributed by atoms with Crippen molar-refractivity contribution in [1.29, 1.82) is 0 Å². The molecule has 0 aromatic heterocycles. The summed E-state index contributed by atoms with van der Waals surface area (Å²) in [5.74, 6) is 0.0776. The zero-order valence-corrected chi connectivity index (χ0v) is 26.9. The molecule has 3 aromatic rings. The average molecular weight is 680 g/mol. The van der Waals surface area contributed by atoms with Crippen LogP contribution < -0.4 is 10.1 Å². The van der Waals surface area contributed by atoms with Crippen molar-refractivity contribution in [2.24, 2.45) is 4.99 Å². The first-order chi connectivity index (χ1) is 20.9. The van der Waals surface area contributed by atoms with Crippen LogP contribution in [0.3, 0.4) is 0 Å². The third-order valence-corrected chi connectivity index (χ3v) is 7.96. The molecule has 0 spiro atoms. The number of ketones is 1. The van der Waals surface area contributed by atoms with E-state index in [1.807, 2.05) is 57.2 Å². The molecule has 9 nitrogen and oxygen atoms in total. The highest BCUT2D eigenvalue weighted by Gasteiger charge is 2.45. The molecular formula is C33H32BrClN4O5. The first-order valence-electron chi connectivity index (χ1n) is 14.2. The van der Waals surface area contributed by atoms with Gasteiger partial charge in [-0.1, -0.05) is 57.9 Å². The van der Waals surface area contributed by atoms with Crippen molar-refractivity contribution in [3.05, 3.63) is 98.5 Å². The number of carbonyl (C=O) groups is 4. The number of carbonyl (C=O) groups excluding carboxylic acids is 4. The lowest BCUT2D eigenvalue weighted by atomic mass is 9.93. The normalized spacial score (nSPS) is 18.5. The smallest absolute Gasteiger partial charge is 0.326 e. The van der Waals surface area contributed by atoms with Gasteiger partial charge >= 0.3 is 6.03 Å². The number of aldehydes is 1. The molecule has 1 fully saturated rings. The Balaban J connectivity index is 1.73. The molecule has 0 bridgehead atoms. The number of rotatable bonds is 7. The van der Waals surface area contributed by atoms with E-state index in [2.05, 4.69) is 21.2 Å². The number of halogens is 2. The van der Waals surface area contributed by atoms with Gasteiger partial charge in [0.05, 0.1) is 18.0 Å². The van der Waals surface area contributed by atoms with Crippen LogP contribution in [0.5, 0.6) is 5.75 Å². The number of aliphatic imine (C=N–C) groups is 1. The maximum absolute atomic E-state index is 14.5. The van der Waals surface area contributed by atoms with Crippen LogP contribution in [-0.2, 0) is 9.59 Å². The number of urea groups is 1. The average Bonchev–Trinajstić information content (AvgIpc) is 3.37. The van der Waals surface area contributed by atoms with E-state index in [1.165, 1.54) is 4.90 Å². The summed E-state index contributed by atoms with van der Waals surface area (Å²) in [6.45, 7) is 6.20. The summed E-state index contributed by atoms with van der Waals surface area (Å²) in [5, 5.41) is 3.34. The Hall–Kier alpha value is -4.02. The Labute approximate surface area is 269 Å². The third kappa shape index (κ3) is 6.87. The Kier molecular flexibility index (Phi) is 9.22. The van der Waals surface area contributed by atoms with Gasteiger partial charge in [-0.15, -0.1) is 0 Å². The quantitative estimate of drug-likeness (QED) is 0.183. The third-order valence-electron chi connectivity index (χ3n) is 7.21. The Morgan fingerprint density at radius 2 is 1.84 bits per heavy atom. The van der Waals surface area contributed by atoms with Gasteiger partial charge in [-0.25, -0.2) is 4.79 Å². The molecule has 0 saturated carbocycles. The molecule has 0 aliphatic carbocycles. The molecule has 2 unspecified atom stereocenters. The Morgan fingerprint density at radius 3 is 2.50 bits per heavy atom. The van der Waals surface area contributed by atoms with Gasteiger partial charge < -0.3 is 19.7 Å². The maximum Gasteiger partial charge on any atom is 0.326 e. The van der Waals surface area contributed by atoms with E-state index in [-0.39, 0.29) is 30.7 Å². The number of amides is 3. The van der Waals surface area contributed by atoms with Crippen LogP contribution in [-0.4, -0.2) is 64.9 Å². The maximum atomic E-state index is 14.5. The lowest BCUT2D eigenvalue weighted by molar-refractivity contribution is -0.123. The molecule has 228 valence electrons. The van der Waals surface area contributed by atoms with E-state index >= 15 is 0 Å². The van der Waals surface area contributed by atoms with Crippen LogP contribution in [0.2, 0.25) is 5.02 Å². The van der Waals surface area contributed by atoms with Gasteiger partial charge in [0, 0.05) is 28.1 Å². The molecule has 3 amide bonds. The minimum Gasteiger partial charge on any atom is -0.487 e.